The van der Waals surface area contributed by atoms with Gasteiger partial charge >= 0.3 is 0 Å². The lowest BCUT2D eigenvalue weighted by molar-refractivity contribution is 0.295. The van der Waals surface area contributed by atoms with Crippen LogP contribution < -0.4 is 15.8 Å². The number of piperidine rings is 1. The van der Waals surface area contributed by atoms with Crippen LogP contribution in [0.3, 0.4) is 0 Å². The minimum absolute atomic E-state index is 0.483. The van der Waals surface area contributed by atoms with Crippen molar-refractivity contribution < 1.29 is 0 Å². The zero-order valence-electron chi connectivity index (χ0n) is 14.6. The summed E-state index contributed by atoms with van der Waals surface area (Å²) in [7, 11) is 0. The van der Waals surface area contributed by atoms with Crippen molar-refractivity contribution in [2.45, 2.75) is 24.8 Å². The van der Waals surface area contributed by atoms with Gasteiger partial charge in [0, 0.05) is 31.6 Å². The fourth-order valence-electron chi connectivity index (χ4n) is 4.45. The molecule has 7 nitrogen and oxygen atoms in total. The second-order valence-electron chi connectivity index (χ2n) is 7.19. The number of nitrogens with zero attached hydrogens (tertiary/aromatic N) is 4. The molecule has 3 aromatic rings. The number of fused-ring (bicyclic) bond motifs is 1. The summed E-state index contributed by atoms with van der Waals surface area (Å²) >= 11 is 0. The second kappa shape index (κ2) is 6.66. The molecule has 0 radical (unpaired) electrons. The lowest BCUT2D eigenvalue weighted by Gasteiger charge is -2.37. The highest BCUT2D eigenvalue weighted by molar-refractivity contribution is 5.82. The van der Waals surface area contributed by atoms with E-state index < -0.39 is 0 Å². The molecule has 0 amide bonds. The van der Waals surface area contributed by atoms with Crippen molar-refractivity contribution in [1.82, 2.24) is 30.8 Å². The van der Waals surface area contributed by atoms with Gasteiger partial charge in [0.25, 0.3) is 0 Å². The molecular formula is C19H23N7. The molecule has 5 rings (SSSR count). The van der Waals surface area contributed by atoms with Crippen molar-refractivity contribution in [2.75, 3.05) is 24.5 Å². The highest BCUT2D eigenvalue weighted by Gasteiger charge is 2.36. The average molecular weight is 349 g/mol. The first kappa shape index (κ1) is 15.7. The van der Waals surface area contributed by atoms with Gasteiger partial charge < -0.3 is 9.88 Å². The fraction of sp³-hybridized carbons (Fsp3) is 0.421. The largest absolute Gasteiger partial charge is 0.355 e. The van der Waals surface area contributed by atoms with E-state index in [1.807, 2.05) is 0 Å². The van der Waals surface area contributed by atoms with Crippen molar-refractivity contribution in [1.29, 1.82) is 0 Å². The topological polar surface area (TPSA) is 81.8 Å². The SMILES string of the molecule is c1ccc(C2CNNC2C2CCN(c3ncnc4nc[nH]c34)CC2)cc1. The van der Waals surface area contributed by atoms with E-state index in [1.165, 1.54) is 5.56 Å². The van der Waals surface area contributed by atoms with Crippen molar-refractivity contribution in [3.05, 3.63) is 48.5 Å². The number of aromatic amines is 1. The lowest BCUT2D eigenvalue weighted by atomic mass is 9.80. The maximum atomic E-state index is 4.50. The summed E-state index contributed by atoms with van der Waals surface area (Å²) < 4.78 is 0. The van der Waals surface area contributed by atoms with E-state index in [-0.39, 0.29) is 0 Å². The number of imidazole rings is 1. The van der Waals surface area contributed by atoms with Crippen LogP contribution in [-0.4, -0.2) is 45.6 Å². The number of hydrazine groups is 1. The Balaban J connectivity index is 1.30. The van der Waals surface area contributed by atoms with Crippen LogP contribution in [0.4, 0.5) is 5.82 Å². The zero-order chi connectivity index (χ0) is 17.3. The molecule has 0 bridgehead atoms. The van der Waals surface area contributed by atoms with Gasteiger partial charge in [-0.25, -0.2) is 15.0 Å². The molecule has 2 aliphatic rings. The lowest BCUT2D eigenvalue weighted by Crippen LogP contribution is -2.44. The molecule has 26 heavy (non-hydrogen) atoms. The van der Waals surface area contributed by atoms with Crippen molar-refractivity contribution >= 4 is 17.0 Å². The third-order valence-electron chi connectivity index (χ3n) is 5.80. The Morgan fingerprint density at radius 2 is 1.85 bits per heavy atom. The Morgan fingerprint density at radius 3 is 2.69 bits per heavy atom. The van der Waals surface area contributed by atoms with Crippen LogP contribution in [0.25, 0.3) is 11.2 Å². The van der Waals surface area contributed by atoms with Crippen LogP contribution in [0.1, 0.15) is 24.3 Å². The van der Waals surface area contributed by atoms with Crippen LogP contribution >= 0.6 is 0 Å². The summed E-state index contributed by atoms with van der Waals surface area (Å²) in [6.07, 6.45) is 5.61. The van der Waals surface area contributed by atoms with Gasteiger partial charge in [0.1, 0.15) is 11.8 Å². The summed E-state index contributed by atoms with van der Waals surface area (Å²) in [6, 6.07) is 11.3. The minimum Gasteiger partial charge on any atom is -0.355 e. The Hall–Kier alpha value is -2.51. The van der Waals surface area contributed by atoms with Gasteiger partial charge in [0.05, 0.1) is 6.33 Å². The third-order valence-corrected chi connectivity index (χ3v) is 5.80. The molecule has 2 saturated heterocycles. The third kappa shape index (κ3) is 2.73. The predicted molar refractivity (Wildman–Crippen MR) is 101 cm³/mol. The van der Waals surface area contributed by atoms with E-state index in [0.717, 1.165) is 49.5 Å². The molecule has 134 valence electrons. The highest BCUT2D eigenvalue weighted by Crippen LogP contribution is 2.33. The Morgan fingerprint density at radius 1 is 1.00 bits per heavy atom. The Bertz CT molecular complexity index is 870. The van der Waals surface area contributed by atoms with E-state index in [4.69, 9.17) is 0 Å². The molecule has 2 aromatic heterocycles. The smallest absolute Gasteiger partial charge is 0.182 e. The number of nitrogens with one attached hydrogen (secondary N) is 3. The molecule has 2 aliphatic heterocycles. The van der Waals surface area contributed by atoms with Gasteiger partial charge in [-0.2, -0.15) is 0 Å². The maximum absolute atomic E-state index is 4.50. The molecule has 2 atom stereocenters. The minimum atomic E-state index is 0.483. The molecule has 0 saturated carbocycles. The first-order valence-corrected chi connectivity index (χ1v) is 9.32. The number of benzene rings is 1. The second-order valence-corrected chi connectivity index (χ2v) is 7.19. The Labute approximate surface area is 152 Å². The van der Waals surface area contributed by atoms with E-state index in [1.54, 1.807) is 12.7 Å². The van der Waals surface area contributed by atoms with Gasteiger partial charge in [0.2, 0.25) is 0 Å². The highest BCUT2D eigenvalue weighted by atomic mass is 15.4. The number of H-pyrrole nitrogens is 1. The van der Waals surface area contributed by atoms with Gasteiger partial charge in [-0.15, -0.1) is 0 Å². The summed E-state index contributed by atoms with van der Waals surface area (Å²) in [5.41, 5.74) is 10.0. The van der Waals surface area contributed by atoms with E-state index in [2.05, 4.69) is 66.0 Å². The van der Waals surface area contributed by atoms with Crippen LogP contribution in [-0.2, 0) is 0 Å². The first-order valence-electron chi connectivity index (χ1n) is 9.32. The van der Waals surface area contributed by atoms with Gasteiger partial charge in [0.15, 0.2) is 11.5 Å². The monoisotopic (exact) mass is 349 g/mol. The number of hydrogen-bond donors (Lipinski definition) is 3. The zero-order valence-corrected chi connectivity index (χ0v) is 14.6. The molecule has 3 N–H and O–H groups in total. The van der Waals surface area contributed by atoms with Crippen molar-refractivity contribution in [3.63, 3.8) is 0 Å². The fourth-order valence-corrected chi connectivity index (χ4v) is 4.45. The standard InChI is InChI=1S/C19H23N7/c1-2-4-13(5-3-1)15-10-24-25-16(15)14-6-8-26(9-7-14)19-17-18(21-11-20-17)22-12-23-19/h1-5,11-12,14-16,24-25H,6-10H2,(H,20,21,22,23). The molecule has 0 aliphatic carbocycles. The molecule has 2 fully saturated rings. The van der Waals surface area contributed by atoms with E-state index in [9.17, 15) is 0 Å². The number of hydrogen-bond acceptors (Lipinski definition) is 6. The van der Waals surface area contributed by atoms with E-state index >= 15 is 0 Å². The number of aromatic nitrogens is 4. The average Bonchev–Trinajstić information content (AvgIpc) is 3.38. The quantitative estimate of drug-likeness (QED) is 0.669. The number of rotatable bonds is 3. The summed E-state index contributed by atoms with van der Waals surface area (Å²) in [6.45, 7) is 3.01. The normalized spacial score (nSPS) is 24.4. The van der Waals surface area contributed by atoms with Gasteiger partial charge in [-0.05, 0) is 24.3 Å². The molecule has 2 unspecified atom stereocenters. The molecule has 7 heteroatoms. The summed E-state index contributed by atoms with van der Waals surface area (Å²) in [5.74, 6) is 2.17. The molecule has 1 aromatic carbocycles. The van der Waals surface area contributed by atoms with E-state index in [0.29, 0.717) is 17.9 Å². The molecule has 4 heterocycles. The van der Waals surface area contributed by atoms with Crippen molar-refractivity contribution in [3.8, 4) is 0 Å². The first-order chi connectivity index (χ1) is 12.9. The van der Waals surface area contributed by atoms with Crippen LogP contribution in [0.2, 0.25) is 0 Å². The van der Waals surface area contributed by atoms with Gasteiger partial charge in [-0.3, -0.25) is 10.9 Å². The van der Waals surface area contributed by atoms with Crippen molar-refractivity contribution in [2.24, 2.45) is 5.92 Å². The Kier molecular flexibility index (Phi) is 4.03. The molecular weight excluding hydrogens is 326 g/mol. The summed E-state index contributed by atoms with van der Waals surface area (Å²) in [4.78, 5) is 18.5. The predicted octanol–water partition coefficient (Wildman–Crippen LogP) is 1.83. The maximum Gasteiger partial charge on any atom is 0.182 e. The van der Waals surface area contributed by atoms with Crippen LogP contribution in [0, 0.1) is 5.92 Å². The summed E-state index contributed by atoms with van der Waals surface area (Å²) in [5, 5.41) is 0. The molecule has 0 spiro atoms. The van der Waals surface area contributed by atoms with Gasteiger partial charge in [-0.1, -0.05) is 30.3 Å². The number of anilines is 1. The van der Waals surface area contributed by atoms with Crippen LogP contribution in [0.15, 0.2) is 43.0 Å². The van der Waals surface area contributed by atoms with Crippen LogP contribution in [0.5, 0.6) is 0 Å².